The van der Waals surface area contributed by atoms with Gasteiger partial charge in [-0.05, 0) is 24.5 Å². The first kappa shape index (κ1) is 14.2. The normalized spacial score (nSPS) is 16.8. The van der Waals surface area contributed by atoms with Gasteiger partial charge in [-0.2, -0.15) is 0 Å². The fraction of sp³-hybridized carbons (Fsp3) is 0.438. The first-order chi connectivity index (χ1) is 8.90. The van der Waals surface area contributed by atoms with E-state index in [1.807, 2.05) is 12.1 Å². The van der Waals surface area contributed by atoms with Crippen LogP contribution < -0.4 is 4.90 Å². The highest BCUT2D eigenvalue weighted by Crippen LogP contribution is 2.45. The Labute approximate surface area is 119 Å². The second kappa shape index (κ2) is 5.41. The van der Waals surface area contributed by atoms with Crippen molar-refractivity contribution in [2.75, 3.05) is 11.4 Å². The highest BCUT2D eigenvalue weighted by Gasteiger charge is 2.24. The summed E-state index contributed by atoms with van der Waals surface area (Å²) in [6.45, 7) is 9.29. The molecule has 0 saturated heterocycles. The standard InChI is InChI=1S/C16H21NOS/c1-5-17-13-8-6-7-9-14(13)19-15(17)10-12(18)11-16(2,3)4/h6-10H,5,11H2,1-4H3/b15-10-. The maximum absolute atomic E-state index is 12.1. The first-order valence-corrected chi connectivity index (χ1v) is 7.51. The van der Waals surface area contributed by atoms with E-state index in [0.717, 1.165) is 11.6 Å². The molecule has 0 bridgehead atoms. The lowest BCUT2D eigenvalue weighted by atomic mass is 9.90. The summed E-state index contributed by atoms with van der Waals surface area (Å²) in [7, 11) is 0. The number of ketones is 1. The van der Waals surface area contributed by atoms with Crippen LogP contribution in [0.5, 0.6) is 0 Å². The minimum absolute atomic E-state index is 0.0430. The number of hydrogen-bond donors (Lipinski definition) is 0. The summed E-state index contributed by atoms with van der Waals surface area (Å²) < 4.78 is 0. The molecule has 1 aliphatic heterocycles. The van der Waals surface area contributed by atoms with Gasteiger partial charge in [-0.25, -0.2) is 0 Å². The third kappa shape index (κ3) is 3.41. The molecule has 0 aromatic heterocycles. The van der Waals surface area contributed by atoms with Gasteiger partial charge in [0.1, 0.15) is 0 Å². The average molecular weight is 275 g/mol. The van der Waals surface area contributed by atoms with E-state index in [0.29, 0.717) is 6.42 Å². The fourth-order valence-corrected chi connectivity index (χ4v) is 3.38. The largest absolute Gasteiger partial charge is 0.335 e. The number of allylic oxidation sites excluding steroid dienone is 1. The van der Waals surface area contributed by atoms with E-state index in [1.54, 1.807) is 17.8 Å². The van der Waals surface area contributed by atoms with Crippen LogP contribution in [0.1, 0.15) is 34.1 Å². The fourth-order valence-electron chi connectivity index (χ4n) is 2.20. The maximum atomic E-state index is 12.1. The number of hydrogen-bond acceptors (Lipinski definition) is 3. The molecule has 2 rings (SSSR count). The van der Waals surface area contributed by atoms with Crippen molar-refractivity contribution in [3.8, 4) is 0 Å². The number of fused-ring (bicyclic) bond motifs is 1. The van der Waals surface area contributed by atoms with E-state index in [9.17, 15) is 4.79 Å². The van der Waals surface area contributed by atoms with Gasteiger partial charge in [0, 0.05) is 23.9 Å². The van der Waals surface area contributed by atoms with Gasteiger partial charge in [0.05, 0.1) is 10.7 Å². The van der Waals surface area contributed by atoms with Gasteiger partial charge in [0.25, 0.3) is 0 Å². The van der Waals surface area contributed by atoms with Crippen LogP contribution in [0.4, 0.5) is 5.69 Å². The molecule has 0 radical (unpaired) electrons. The molecule has 0 aliphatic carbocycles. The number of para-hydroxylation sites is 1. The molecule has 102 valence electrons. The topological polar surface area (TPSA) is 20.3 Å². The smallest absolute Gasteiger partial charge is 0.158 e. The Morgan fingerprint density at radius 2 is 2.00 bits per heavy atom. The molecule has 2 nitrogen and oxygen atoms in total. The van der Waals surface area contributed by atoms with Gasteiger partial charge in [-0.15, -0.1) is 0 Å². The van der Waals surface area contributed by atoms with Crippen LogP contribution in [0.2, 0.25) is 0 Å². The van der Waals surface area contributed by atoms with E-state index >= 15 is 0 Å². The van der Waals surface area contributed by atoms with E-state index < -0.39 is 0 Å². The summed E-state index contributed by atoms with van der Waals surface area (Å²) >= 11 is 1.69. The van der Waals surface area contributed by atoms with E-state index in [4.69, 9.17) is 0 Å². The Hall–Kier alpha value is -1.22. The molecule has 0 atom stereocenters. The van der Waals surface area contributed by atoms with E-state index in [1.165, 1.54) is 10.6 Å². The van der Waals surface area contributed by atoms with Crippen LogP contribution in [0.25, 0.3) is 0 Å². The maximum Gasteiger partial charge on any atom is 0.158 e. The van der Waals surface area contributed by atoms with Crippen molar-refractivity contribution in [1.29, 1.82) is 0 Å². The zero-order valence-electron chi connectivity index (χ0n) is 12.1. The van der Waals surface area contributed by atoms with Crippen LogP contribution in [0.15, 0.2) is 40.3 Å². The zero-order valence-corrected chi connectivity index (χ0v) is 12.9. The summed E-state index contributed by atoms with van der Waals surface area (Å²) in [5.74, 6) is 0.209. The third-order valence-electron chi connectivity index (χ3n) is 2.94. The lowest BCUT2D eigenvalue weighted by Gasteiger charge is -2.19. The highest BCUT2D eigenvalue weighted by atomic mass is 32.2. The van der Waals surface area contributed by atoms with Gasteiger partial charge >= 0.3 is 0 Å². The summed E-state index contributed by atoms with van der Waals surface area (Å²) in [5, 5.41) is 1.05. The highest BCUT2D eigenvalue weighted by molar-refractivity contribution is 8.03. The Morgan fingerprint density at radius 3 is 2.63 bits per heavy atom. The number of nitrogens with zero attached hydrogens (tertiary/aromatic N) is 1. The average Bonchev–Trinajstić information content (AvgIpc) is 2.63. The Kier molecular flexibility index (Phi) is 4.04. The third-order valence-corrected chi connectivity index (χ3v) is 4.05. The predicted molar refractivity (Wildman–Crippen MR) is 82.5 cm³/mol. The molecule has 0 fully saturated rings. The number of thioether (sulfide) groups is 1. The Balaban J connectivity index is 2.21. The lowest BCUT2D eigenvalue weighted by molar-refractivity contribution is -0.116. The molecule has 0 saturated carbocycles. The number of anilines is 1. The SMILES string of the molecule is CCN1/C(=C/C(=O)CC(C)(C)C)Sc2ccccc21. The van der Waals surface area contributed by atoms with Gasteiger partial charge in [0.2, 0.25) is 0 Å². The van der Waals surface area contributed by atoms with Crippen molar-refractivity contribution in [3.63, 3.8) is 0 Å². The van der Waals surface area contributed by atoms with Crippen LogP contribution in [-0.4, -0.2) is 12.3 Å². The van der Waals surface area contributed by atoms with Crippen molar-refractivity contribution in [1.82, 2.24) is 0 Å². The zero-order chi connectivity index (χ0) is 14.0. The molecule has 0 amide bonds. The van der Waals surface area contributed by atoms with E-state index in [2.05, 4.69) is 44.7 Å². The molecule has 0 unspecified atom stereocenters. The molecule has 19 heavy (non-hydrogen) atoms. The molecule has 1 aromatic carbocycles. The van der Waals surface area contributed by atoms with Gasteiger partial charge in [0.15, 0.2) is 5.78 Å². The van der Waals surface area contributed by atoms with E-state index in [-0.39, 0.29) is 11.2 Å². The van der Waals surface area contributed by atoms with Crippen molar-refractivity contribution >= 4 is 23.2 Å². The second-order valence-electron chi connectivity index (χ2n) is 6.00. The van der Waals surface area contributed by atoms with Crippen LogP contribution in [0.3, 0.4) is 0 Å². The Bertz CT molecular complexity index is 514. The molecular weight excluding hydrogens is 254 g/mol. The summed E-state index contributed by atoms with van der Waals surface area (Å²) in [4.78, 5) is 15.6. The number of rotatable bonds is 3. The number of carbonyl (C=O) groups is 1. The molecule has 1 heterocycles. The van der Waals surface area contributed by atoms with Crippen LogP contribution >= 0.6 is 11.8 Å². The monoisotopic (exact) mass is 275 g/mol. The molecule has 1 aromatic rings. The number of benzene rings is 1. The number of carbonyl (C=O) groups excluding carboxylic acids is 1. The first-order valence-electron chi connectivity index (χ1n) is 6.69. The van der Waals surface area contributed by atoms with Gasteiger partial charge in [-0.1, -0.05) is 44.7 Å². The quantitative estimate of drug-likeness (QED) is 0.759. The molecule has 1 aliphatic rings. The summed E-state index contributed by atoms with van der Waals surface area (Å²) in [5.41, 5.74) is 1.26. The van der Waals surface area contributed by atoms with Crippen molar-refractivity contribution in [2.24, 2.45) is 5.41 Å². The molecular formula is C16H21NOS. The van der Waals surface area contributed by atoms with Crippen molar-refractivity contribution in [2.45, 2.75) is 39.0 Å². The molecule has 0 spiro atoms. The summed E-state index contributed by atoms with van der Waals surface area (Å²) in [6.07, 6.45) is 2.39. The van der Waals surface area contributed by atoms with Gasteiger partial charge in [-0.3, -0.25) is 4.79 Å². The second-order valence-corrected chi connectivity index (χ2v) is 7.06. The van der Waals surface area contributed by atoms with Crippen molar-refractivity contribution in [3.05, 3.63) is 35.4 Å². The van der Waals surface area contributed by atoms with Crippen molar-refractivity contribution < 1.29 is 4.79 Å². The Morgan fingerprint density at radius 1 is 1.32 bits per heavy atom. The predicted octanol–water partition coefficient (Wildman–Crippen LogP) is 4.47. The minimum Gasteiger partial charge on any atom is -0.335 e. The van der Waals surface area contributed by atoms with Crippen LogP contribution in [-0.2, 0) is 4.79 Å². The molecule has 0 N–H and O–H groups in total. The lowest BCUT2D eigenvalue weighted by Crippen LogP contribution is -2.18. The van der Waals surface area contributed by atoms with Gasteiger partial charge < -0.3 is 4.90 Å². The van der Waals surface area contributed by atoms with Crippen LogP contribution in [0, 0.1) is 5.41 Å². The minimum atomic E-state index is 0.0430. The molecule has 3 heteroatoms. The summed E-state index contributed by atoms with van der Waals surface area (Å²) in [6, 6.07) is 8.31.